The second-order valence-corrected chi connectivity index (χ2v) is 12.5. The first kappa shape index (κ1) is 24.7. The Hall–Kier alpha value is -2.94. The number of hydrazine groups is 1. The summed E-state index contributed by atoms with van der Waals surface area (Å²) < 4.78 is 42.1. The Kier molecular flexibility index (Phi) is 6.31. The van der Waals surface area contributed by atoms with Crippen molar-refractivity contribution in [2.75, 3.05) is 24.7 Å². The molecular formula is C28H32FN3O3S. The van der Waals surface area contributed by atoms with Crippen LogP contribution < -0.4 is 10.4 Å². The fraction of sp³-hybridized carbons (Fsp3) is 0.357. The number of aliphatic hydroxyl groups excluding tert-OH is 1. The molecule has 0 radical (unpaired) electrons. The van der Waals surface area contributed by atoms with E-state index in [1.54, 1.807) is 28.6 Å². The smallest absolute Gasteiger partial charge is 0.243 e. The molecule has 2 aromatic carbocycles. The Morgan fingerprint density at radius 1 is 1.08 bits per heavy atom. The van der Waals surface area contributed by atoms with E-state index in [0.717, 1.165) is 33.7 Å². The van der Waals surface area contributed by atoms with Gasteiger partial charge in [0.2, 0.25) is 10.0 Å². The molecule has 0 amide bonds. The second kappa shape index (κ2) is 9.18. The number of hydrogen-bond acceptors (Lipinski definition) is 5. The summed E-state index contributed by atoms with van der Waals surface area (Å²) in [5.41, 5.74) is 9.18. The van der Waals surface area contributed by atoms with Crippen molar-refractivity contribution in [3.63, 3.8) is 0 Å². The van der Waals surface area contributed by atoms with Crippen LogP contribution >= 0.6 is 0 Å². The van der Waals surface area contributed by atoms with E-state index in [9.17, 15) is 17.9 Å². The van der Waals surface area contributed by atoms with E-state index >= 15 is 0 Å². The molecule has 0 aromatic heterocycles. The minimum Gasteiger partial charge on any atom is -0.396 e. The van der Waals surface area contributed by atoms with Gasteiger partial charge in [-0.3, -0.25) is 5.01 Å². The number of benzene rings is 2. The number of rotatable bonds is 5. The lowest BCUT2D eigenvalue weighted by atomic mass is 9.78. The van der Waals surface area contributed by atoms with Crippen LogP contribution in [0.15, 0.2) is 88.1 Å². The minimum absolute atomic E-state index is 0.0103. The Morgan fingerprint density at radius 2 is 1.78 bits per heavy atom. The third-order valence-corrected chi connectivity index (χ3v) is 9.10. The predicted octanol–water partition coefficient (Wildman–Crippen LogP) is 4.62. The van der Waals surface area contributed by atoms with Crippen LogP contribution in [0.25, 0.3) is 0 Å². The summed E-state index contributed by atoms with van der Waals surface area (Å²) in [6.07, 6.45) is 5.08. The van der Waals surface area contributed by atoms with Crippen molar-refractivity contribution in [2.24, 2.45) is 5.92 Å². The van der Waals surface area contributed by atoms with Crippen LogP contribution in [-0.4, -0.2) is 37.5 Å². The van der Waals surface area contributed by atoms with Gasteiger partial charge >= 0.3 is 0 Å². The highest BCUT2D eigenvalue weighted by Gasteiger charge is 2.39. The van der Waals surface area contributed by atoms with Gasteiger partial charge in [-0.1, -0.05) is 32.9 Å². The molecule has 8 heteroatoms. The zero-order valence-corrected chi connectivity index (χ0v) is 21.6. The summed E-state index contributed by atoms with van der Waals surface area (Å²) in [5.74, 6) is -0.405. The first-order valence-corrected chi connectivity index (χ1v) is 13.7. The third kappa shape index (κ3) is 4.38. The molecule has 0 fully saturated rings. The molecule has 1 aliphatic carbocycles. The van der Waals surface area contributed by atoms with Gasteiger partial charge in [-0.25, -0.2) is 12.8 Å². The van der Waals surface area contributed by atoms with Gasteiger partial charge < -0.3 is 10.5 Å². The number of halogens is 1. The fourth-order valence-electron chi connectivity index (χ4n) is 5.21. The summed E-state index contributed by atoms with van der Waals surface area (Å²) in [7, 11) is -3.66. The summed E-state index contributed by atoms with van der Waals surface area (Å²) in [5, 5.41) is 11.8. The number of nitrogens with one attached hydrogen (secondary N) is 1. The van der Waals surface area contributed by atoms with Gasteiger partial charge in [0.1, 0.15) is 5.82 Å². The van der Waals surface area contributed by atoms with E-state index in [2.05, 4.69) is 32.3 Å². The molecule has 2 aromatic rings. The highest BCUT2D eigenvalue weighted by Crippen LogP contribution is 2.44. The van der Waals surface area contributed by atoms with Crippen molar-refractivity contribution >= 4 is 15.7 Å². The van der Waals surface area contributed by atoms with E-state index < -0.39 is 10.0 Å². The summed E-state index contributed by atoms with van der Waals surface area (Å²) in [6, 6.07) is 13.5. The monoisotopic (exact) mass is 509 g/mol. The van der Waals surface area contributed by atoms with Gasteiger partial charge in [-0.15, -0.1) is 0 Å². The van der Waals surface area contributed by atoms with Gasteiger partial charge in [0.15, 0.2) is 0 Å². The van der Waals surface area contributed by atoms with Gasteiger partial charge in [0.25, 0.3) is 0 Å². The molecule has 2 heterocycles. The summed E-state index contributed by atoms with van der Waals surface area (Å²) in [4.78, 5) is 0.300. The highest BCUT2D eigenvalue weighted by atomic mass is 32.2. The molecule has 6 nitrogen and oxygen atoms in total. The Labute approximate surface area is 212 Å². The van der Waals surface area contributed by atoms with E-state index in [4.69, 9.17) is 0 Å². The fourth-order valence-corrected chi connectivity index (χ4v) is 6.62. The number of hydrogen-bond donors (Lipinski definition) is 2. The Bertz CT molecular complexity index is 1350. The average Bonchev–Trinajstić information content (AvgIpc) is 3.27. The summed E-state index contributed by atoms with van der Waals surface area (Å²) >= 11 is 0. The SMILES string of the molecule is CC(C)(C)c1ccc(S(=O)(=O)N2CCC3=C(C2)[C@@H](CCO)C2=CNN(c4ccc(F)cc4)C2=C3)cc1. The molecule has 36 heavy (non-hydrogen) atoms. The van der Waals surface area contributed by atoms with Crippen LogP contribution in [0.4, 0.5) is 10.1 Å². The zero-order valence-electron chi connectivity index (χ0n) is 20.8. The van der Waals surface area contributed by atoms with Gasteiger partial charge in [0.05, 0.1) is 16.3 Å². The van der Waals surface area contributed by atoms with Gasteiger partial charge in [0, 0.05) is 37.4 Å². The number of aliphatic hydroxyl groups is 1. The lowest BCUT2D eigenvalue weighted by Crippen LogP contribution is -2.40. The first-order chi connectivity index (χ1) is 17.1. The van der Waals surface area contributed by atoms with Crippen molar-refractivity contribution in [3.05, 3.63) is 94.6 Å². The molecule has 0 unspecified atom stereocenters. The number of sulfonamides is 1. The van der Waals surface area contributed by atoms with Crippen molar-refractivity contribution in [3.8, 4) is 0 Å². The van der Waals surface area contributed by atoms with E-state index in [0.29, 0.717) is 30.8 Å². The third-order valence-electron chi connectivity index (χ3n) is 7.24. The molecule has 5 rings (SSSR count). The number of allylic oxidation sites excluding steroid dienone is 2. The lowest BCUT2D eigenvalue weighted by Gasteiger charge is -2.37. The molecule has 0 spiro atoms. The molecule has 3 aliphatic rings. The normalized spacial score (nSPS) is 20.5. The predicted molar refractivity (Wildman–Crippen MR) is 139 cm³/mol. The molecular weight excluding hydrogens is 477 g/mol. The minimum atomic E-state index is -3.66. The van der Waals surface area contributed by atoms with Gasteiger partial charge in [-0.2, -0.15) is 4.31 Å². The van der Waals surface area contributed by atoms with Crippen LogP contribution in [0.5, 0.6) is 0 Å². The van der Waals surface area contributed by atoms with Crippen molar-refractivity contribution < 1.29 is 17.9 Å². The van der Waals surface area contributed by atoms with Crippen LogP contribution in [0.3, 0.4) is 0 Å². The number of fused-ring (bicyclic) bond motifs is 1. The first-order valence-electron chi connectivity index (χ1n) is 12.3. The lowest BCUT2D eigenvalue weighted by molar-refractivity contribution is 0.270. The highest BCUT2D eigenvalue weighted by molar-refractivity contribution is 7.89. The van der Waals surface area contributed by atoms with Crippen LogP contribution in [0.2, 0.25) is 0 Å². The number of nitrogens with zero attached hydrogens (tertiary/aromatic N) is 2. The number of anilines is 1. The van der Waals surface area contributed by atoms with Crippen molar-refractivity contribution in [1.82, 2.24) is 9.73 Å². The second-order valence-electron chi connectivity index (χ2n) is 10.5. The van der Waals surface area contributed by atoms with Crippen molar-refractivity contribution in [2.45, 2.75) is 43.9 Å². The largest absolute Gasteiger partial charge is 0.396 e. The molecule has 0 saturated carbocycles. The maximum atomic E-state index is 13.6. The van der Waals surface area contributed by atoms with E-state index in [1.165, 1.54) is 12.1 Å². The average molecular weight is 510 g/mol. The summed E-state index contributed by atoms with van der Waals surface area (Å²) in [6.45, 7) is 6.98. The van der Waals surface area contributed by atoms with Gasteiger partial charge in [-0.05, 0) is 77.4 Å². The van der Waals surface area contributed by atoms with E-state index in [-0.39, 0.29) is 23.8 Å². The molecule has 2 N–H and O–H groups in total. The molecule has 1 atom stereocenters. The maximum absolute atomic E-state index is 13.6. The Balaban J connectivity index is 1.45. The van der Waals surface area contributed by atoms with Crippen LogP contribution in [-0.2, 0) is 15.4 Å². The molecule has 190 valence electrons. The molecule has 0 saturated heterocycles. The molecule has 2 aliphatic heterocycles. The topological polar surface area (TPSA) is 72.9 Å². The van der Waals surface area contributed by atoms with Crippen LogP contribution in [0.1, 0.15) is 39.2 Å². The molecule has 0 bridgehead atoms. The van der Waals surface area contributed by atoms with Crippen molar-refractivity contribution in [1.29, 1.82) is 0 Å². The maximum Gasteiger partial charge on any atom is 0.243 e. The standard InChI is InChI=1S/C28H32FN3O3S/c1-28(2,3)20-4-10-23(11-5-20)36(34,35)31-14-12-19-16-27-25(24(13-15-33)26(19)18-31)17-30-32(27)22-8-6-21(29)7-9-22/h4-11,16-17,24,30,33H,12-15,18H2,1-3H3/t24-/m0/s1. The van der Waals surface area contributed by atoms with Crippen LogP contribution in [0, 0.1) is 11.7 Å². The Morgan fingerprint density at radius 3 is 2.42 bits per heavy atom. The quantitative estimate of drug-likeness (QED) is 0.616. The zero-order chi connectivity index (χ0) is 25.7. The van der Waals surface area contributed by atoms with E-state index in [1.807, 2.05) is 23.3 Å².